The molecule has 0 bridgehead atoms. The third-order valence-electron chi connectivity index (χ3n) is 4.25. The van der Waals surface area contributed by atoms with Gasteiger partial charge in [0, 0.05) is 16.3 Å². The zero-order valence-electron chi connectivity index (χ0n) is 16.5. The van der Waals surface area contributed by atoms with Crippen molar-refractivity contribution >= 4 is 34.7 Å². The first-order valence-electron chi connectivity index (χ1n) is 9.30. The highest BCUT2D eigenvalue weighted by Crippen LogP contribution is 2.28. The molecule has 0 spiro atoms. The van der Waals surface area contributed by atoms with Gasteiger partial charge in [-0.1, -0.05) is 41.9 Å². The van der Waals surface area contributed by atoms with Crippen molar-refractivity contribution in [3.8, 4) is 11.3 Å². The molecule has 3 aromatic rings. The van der Waals surface area contributed by atoms with Gasteiger partial charge in [-0.25, -0.2) is 4.68 Å². The van der Waals surface area contributed by atoms with E-state index in [-0.39, 0.29) is 30.2 Å². The molecule has 0 fully saturated rings. The predicted octanol–water partition coefficient (Wildman–Crippen LogP) is 4.07. The molecule has 0 saturated heterocycles. The Morgan fingerprint density at radius 1 is 1.10 bits per heavy atom. The molecule has 0 aliphatic carbocycles. The molecule has 8 heteroatoms. The van der Waals surface area contributed by atoms with Gasteiger partial charge in [-0.2, -0.15) is 5.10 Å². The van der Waals surface area contributed by atoms with Crippen molar-refractivity contribution in [1.29, 1.82) is 0 Å². The minimum atomic E-state index is -0.608. The third-order valence-corrected chi connectivity index (χ3v) is 4.50. The molecule has 1 aromatic heterocycles. The first kappa shape index (κ1) is 21.3. The summed E-state index contributed by atoms with van der Waals surface area (Å²) < 4.78 is 5.96. The number of ether oxygens (including phenoxy) is 1. The van der Waals surface area contributed by atoms with Gasteiger partial charge < -0.3 is 10.1 Å². The molecular formula is C22H20ClN3O4. The minimum absolute atomic E-state index is 0.0305. The summed E-state index contributed by atoms with van der Waals surface area (Å²) in [7, 11) is 0. The molecule has 0 unspecified atom stereocenters. The summed E-state index contributed by atoms with van der Waals surface area (Å²) >= 11 is 5.94. The molecule has 0 atom stereocenters. The van der Waals surface area contributed by atoms with Crippen molar-refractivity contribution in [2.24, 2.45) is 0 Å². The highest BCUT2D eigenvalue weighted by atomic mass is 35.5. The number of rotatable bonds is 7. The molecular weight excluding hydrogens is 406 g/mol. The molecule has 0 aliphatic heterocycles. The number of Topliss-reactive ketones (excluding diaryl/α,β-unsaturated/α-hetero) is 1. The van der Waals surface area contributed by atoms with E-state index in [1.165, 1.54) is 6.92 Å². The van der Waals surface area contributed by atoms with E-state index in [2.05, 4.69) is 10.4 Å². The normalized spacial score (nSPS) is 10.5. The van der Waals surface area contributed by atoms with E-state index < -0.39 is 11.5 Å². The Kier molecular flexibility index (Phi) is 6.64. The fourth-order valence-corrected chi connectivity index (χ4v) is 3.07. The number of hydrogen-bond donors (Lipinski definition) is 1. The Labute approximate surface area is 178 Å². The van der Waals surface area contributed by atoms with Crippen molar-refractivity contribution in [3.63, 3.8) is 0 Å². The second kappa shape index (κ2) is 9.37. The maximum atomic E-state index is 13.1. The molecule has 30 heavy (non-hydrogen) atoms. The first-order valence-corrected chi connectivity index (χ1v) is 9.68. The molecule has 0 saturated carbocycles. The van der Waals surface area contributed by atoms with Crippen LogP contribution in [0.5, 0.6) is 0 Å². The van der Waals surface area contributed by atoms with Crippen LogP contribution in [0.4, 0.5) is 11.4 Å². The van der Waals surface area contributed by atoms with Crippen molar-refractivity contribution in [2.45, 2.75) is 20.4 Å². The summed E-state index contributed by atoms with van der Waals surface area (Å²) in [6, 6.07) is 15.7. The fourth-order valence-electron chi connectivity index (χ4n) is 2.94. The van der Waals surface area contributed by atoms with E-state index in [1.54, 1.807) is 55.5 Å². The van der Waals surface area contributed by atoms with Crippen LogP contribution in [-0.2, 0) is 16.1 Å². The number of carbonyl (C=O) groups excluding carboxylic acids is 2. The Bertz CT molecular complexity index is 1130. The van der Waals surface area contributed by atoms with Crippen LogP contribution in [0.25, 0.3) is 11.3 Å². The van der Waals surface area contributed by atoms with Crippen molar-refractivity contribution in [3.05, 3.63) is 75.5 Å². The summed E-state index contributed by atoms with van der Waals surface area (Å²) in [5.74, 6) is -0.933. The van der Waals surface area contributed by atoms with E-state index in [0.717, 1.165) is 4.68 Å². The summed E-state index contributed by atoms with van der Waals surface area (Å²) in [6.07, 6.45) is 0. The third kappa shape index (κ3) is 4.75. The van der Waals surface area contributed by atoms with Gasteiger partial charge in [-0.3, -0.25) is 14.4 Å². The largest absolute Gasteiger partial charge is 0.465 e. The standard InChI is InChI=1S/C22H20ClN3O4/c1-3-30-18(28)13-26-22(29)21(24-17-11-9-16(23)10-12-17)19(14(2)27)20(25-26)15-7-5-4-6-8-15/h4-12,24H,3,13H2,1-2H3. The fraction of sp³-hybridized carbons (Fsp3) is 0.182. The molecule has 0 amide bonds. The number of nitrogens with one attached hydrogen (secondary N) is 1. The van der Waals surface area contributed by atoms with Crippen LogP contribution < -0.4 is 10.9 Å². The van der Waals surface area contributed by atoms with Crippen LogP contribution in [-0.4, -0.2) is 28.1 Å². The maximum Gasteiger partial charge on any atom is 0.327 e. The molecule has 2 aromatic carbocycles. The van der Waals surface area contributed by atoms with E-state index in [1.807, 2.05) is 6.07 Å². The van der Waals surface area contributed by atoms with Gasteiger partial charge in [0.2, 0.25) is 0 Å². The van der Waals surface area contributed by atoms with Crippen LogP contribution in [0.1, 0.15) is 24.2 Å². The van der Waals surface area contributed by atoms with Gasteiger partial charge in [0.15, 0.2) is 5.78 Å². The smallest absolute Gasteiger partial charge is 0.327 e. The molecule has 1 N–H and O–H groups in total. The zero-order valence-corrected chi connectivity index (χ0v) is 17.3. The van der Waals surface area contributed by atoms with Gasteiger partial charge in [0.05, 0.1) is 12.2 Å². The summed E-state index contributed by atoms with van der Waals surface area (Å²) in [5, 5.41) is 7.86. The van der Waals surface area contributed by atoms with Gasteiger partial charge in [0.1, 0.15) is 17.9 Å². The number of ketones is 1. The maximum absolute atomic E-state index is 13.1. The molecule has 7 nitrogen and oxygen atoms in total. The van der Waals surface area contributed by atoms with Crippen molar-refractivity contribution in [1.82, 2.24) is 9.78 Å². The lowest BCUT2D eigenvalue weighted by Gasteiger charge is -2.16. The Morgan fingerprint density at radius 3 is 2.37 bits per heavy atom. The first-order chi connectivity index (χ1) is 14.4. The monoisotopic (exact) mass is 425 g/mol. The number of halogens is 1. The van der Waals surface area contributed by atoms with Gasteiger partial charge >= 0.3 is 5.97 Å². The van der Waals surface area contributed by atoms with Crippen LogP contribution in [0.15, 0.2) is 59.4 Å². The summed E-state index contributed by atoms with van der Waals surface area (Å²) in [6.45, 7) is 2.85. The van der Waals surface area contributed by atoms with Crippen LogP contribution in [0, 0.1) is 0 Å². The number of esters is 1. The topological polar surface area (TPSA) is 90.3 Å². The van der Waals surface area contributed by atoms with Crippen LogP contribution in [0.2, 0.25) is 5.02 Å². The van der Waals surface area contributed by atoms with Crippen molar-refractivity contribution < 1.29 is 14.3 Å². The average molecular weight is 426 g/mol. The van der Waals surface area contributed by atoms with Gasteiger partial charge in [0.25, 0.3) is 5.56 Å². The van der Waals surface area contributed by atoms with E-state index in [4.69, 9.17) is 16.3 Å². The Balaban J connectivity index is 2.23. The van der Waals surface area contributed by atoms with Crippen molar-refractivity contribution in [2.75, 3.05) is 11.9 Å². The van der Waals surface area contributed by atoms with E-state index >= 15 is 0 Å². The Morgan fingerprint density at radius 2 is 1.77 bits per heavy atom. The highest BCUT2D eigenvalue weighted by molar-refractivity contribution is 6.30. The number of nitrogens with zero attached hydrogens (tertiary/aromatic N) is 2. The number of carbonyl (C=O) groups is 2. The number of aromatic nitrogens is 2. The molecule has 1 heterocycles. The second-order valence-corrected chi connectivity index (χ2v) is 6.86. The summed E-state index contributed by atoms with van der Waals surface area (Å²) in [4.78, 5) is 37.7. The Hall–Kier alpha value is -3.45. The lowest BCUT2D eigenvalue weighted by Crippen LogP contribution is -2.31. The lowest BCUT2D eigenvalue weighted by molar-refractivity contribution is -0.144. The second-order valence-electron chi connectivity index (χ2n) is 6.42. The van der Waals surface area contributed by atoms with Crippen LogP contribution in [0.3, 0.4) is 0 Å². The quantitative estimate of drug-likeness (QED) is 0.453. The number of benzene rings is 2. The van der Waals surface area contributed by atoms with Gasteiger partial charge in [-0.05, 0) is 38.1 Å². The van der Waals surface area contributed by atoms with Gasteiger partial charge in [-0.15, -0.1) is 0 Å². The van der Waals surface area contributed by atoms with E-state index in [9.17, 15) is 14.4 Å². The molecule has 0 radical (unpaired) electrons. The van der Waals surface area contributed by atoms with E-state index in [0.29, 0.717) is 22.0 Å². The molecule has 3 rings (SSSR count). The lowest BCUT2D eigenvalue weighted by atomic mass is 10.0. The molecule has 154 valence electrons. The summed E-state index contributed by atoms with van der Waals surface area (Å²) in [5.41, 5.74) is 1.06. The number of hydrogen-bond acceptors (Lipinski definition) is 6. The minimum Gasteiger partial charge on any atom is -0.465 e. The van der Waals surface area contributed by atoms with Crippen LogP contribution >= 0.6 is 11.6 Å². The highest BCUT2D eigenvalue weighted by Gasteiger charge is 2.23. The molecule has 0 aliphatic rings. The zero-order chi connectivity index (χ0) is 21.7. The predicted molar refractivity (Wildman–Crippen MR) is 115 cm³/mol. The SMILES string of the molecule is CCOC(=O)Cn1nc(-c2ccccc2)c(C(C)=O)c(Nc2ccc(Cl)cc2)c1=O. The average Bonchev–Trinajstić information content (AvgIpc) is 2.73. The number of anilines is 2.